The van der Waals surface area contributed by atoms with E-state index in [1.807, 2.05) is 14.0 Å². The van der Waals surface area contributed by atoms with Gasteiger partial charge in [-0.15, -0.1) is 0 Å². The third-order valence-electron chi connectivity index (χ3n) is 6.29. The van der Waals surface area contributed by atoms with Gasteiger partial charge in [-0.25, -0.2) is 4.79 Å². The minimum atomic E-state index is -0.205. The number of benzene rings is 1. The molecule has 1 amide bonds. The summed E-state index contributed by atoms with van der Waals surface area (Å²) in [7, 11) is 1.81. The number of likely N-dealkylation sites (tertiary alicyclic amines) is 2. The van der Waals surface area contributed by atoms with E-state index >= 15 is 0 Å². The molecular weight excluding hydrogens is 390 g/mol. The largest absolute Gasteiger partial charge is 0.450 e. The summed E-state index contributed by atoms with van der Waals surface area (Å²) in [4.78, 5) is 20.7. The van der Waals surface area contributed by atoms with Gasteiger partial charge in [0.15, 0.2) is 5.96 Å². The molecule has 172 valence electrons. The Balaban J connectivity index is 1.48. The molecule has 1 aromatic carbocycles. The maximum absolute atomic E-state index is 11.9. The summed E-state index contributed by atoms with van der Waals surface area (Å²) in [5.41, 5.74) is 2.71. The number of amides is 1. The normalized spacial score (nSPS) is 21.1. The summed E-state index contributed by atoms with van der Waals surface area (Å²) in [6, 6.07) is 9.01. The van der Waals surface area contributed by atoms with Crippen LogP contribution in [-0.4, -0.2) is 67.7 Å². The van der Waals surface area contributed by atoms with Gasteiger partial charge in [-0.1, -0.05) is 31.2 Å². The maximum Gasteiger partial charge on any atom is 0.409 e. The minimum Gasteiger partial charge on any atom is -0.450 e. The van der Waals surface area contributed by atoms with Crippen LogP contribution in [0.5, 0.6) is 0 Å². The number of hydrogen-bond donors (Lipinski definition) is 2. The molecule has 31 heavy (non-hydrogen) atoms. The quantitative estimate of drug-likeness (QED) is 0.537. The van der Waals surface area contributed by atoms with Gasteiger partial charge >= 0.3 is 6.09 Å². The third kappa shape index (κ3) is 7.13. The zero-order valence-corrected chi connectivity index (χ0v) is 19.4. The lowest BCUT2D eigenvalue weighted by Gasteiger charge is -2.32. The van der Waals surface area contributed by atoms with E-state index in [-0.39, 0.29) is 6.09 Å². The Labute approximate surface area is 187 Å². The molecule has 2 aliphatic rings. The van der Waals surface area contributed by atoms with Crippen LogP contribution in [0, 0.1) is 5.92 Å². The predicted octanol–water partition coefficient (Wildman–Crippen LogP) is 3.20. The Bertz CT molecular complexity index is 730. The molecule has 0 radical (unpaired) electrons. The van der Waals surface area contributed by atoms with E-state index in [4.69, 9.17) is 4.74 Å². The molecule has 2 fully saturated rings. The van der Waals surface area contributed by atoms with E-state index in [0.717, 1.165) is 37.8 Å². The molecule has 0 bridgehead atoms. The zero-order valence-electron chi connectivity index (χ0n) is 19.4. The predicted molar refractivity (Wildman–Crippen MR) is 125 cm³/mol. The van der Waals surface area contributed by atoms with Crippen LogP contribution in [0.3, 0.4) is 0 Å². The first-order valence-corrected chi connectivity index (χ1v) is 11.8. The van der Waals surface area contributed by atoms with Crippen molar-refractivity contribution in [3.05, 3.63) is 35.4 Å². The Morgan fingerprint density at radius 1 is 1.16 bits per heavy atom. The van der Waals surface area contributed by atoms with Gasteiger partial charge in [-0.2, -0.15) is 0 Å². The van der Waals surface area contributed by atoms with Crippen molar-refractivity contribution in [2.75, 3.05) is 39.8 Å². The van der Waals surface area contributed by atoms with Gasteiger partial charge in [0.05, 0.1) is 6.61 Å². The van der Waals surface area contributed by atoms with E-state index in [1.54, 1.807) is 4.90 Å². The monoisotopic (exact) mass is 429 g/mol. The molecular formula is C24H39N5O2. The molecule has 1 unspecified atom stereocenters. The lowest BCUT2D eigenvalue weighted by molar-refractivity contribution is 0.0963. The van der Waals surface area contributed by atoms with Crippen LogP contribution in [0.4, 0.5) is 4.79 Å². The number of rotatable bonds is 6. The number of carbonyl (C=O) groups is 1. The second-order valence-corrected chi connectivity index (χ2v) is 8.78. The van der Waals surface area contributed by atoms with Gasteiger partial charge in [0.25, 0.3) is 0 Å². The molecule has 3 rings (SSSR count). The van der Waals surface area contributed by atoms with Gasteiger partial charge in [-0.3, -0.25) is 9.89 Å². The Kier molecular flexibility index (Phi) is 9.00. The van der Waals surface area contributed by atoms with Crippen LogP contribution in [-0.2, 0) is 17.8 Å². The number of hydrogen-bond acceptors (Lipinski definition) is 4. The van der Waals surface area contributed by atoms with E-state index in [0.29, 0.717) is 25.7 Å². The molecule has 2 N–H and O–H groups in total. The van der Waals surface area contributed by atoms with Crippen LogP contribution >= 0.6 is 0 Å². The average Bonchev–Trinajstić information content (AvgIpc) is 2.78. The van der Waals surface area contributed by atoms with Gasteiger partial charge < -0.3 is 20.3 Å². The van der Waals surface area contributed by atoms with Gasteiger partial charge in [0, 0.05) is 45.8 Å². The molecule has 2 saturated heterocycles. The highest BCUT2D eigenvalue weighted by Crippen LogP contribution is 2.19. The van der Waals surface area contributed by atoms with E-state index in [9.17, 15) is 4.79 Å². The second-order valence-electron chi connectivity index (χ2n) is 8.78. The van der Waals surface area contributed by atoms with Crippen LogP contribution in [0.1, 0.15) is 50.7 Å². The number of piperidine rings is 2. The molecule has 7 nitrogen and oxygen atoms in total. The highest BCUT2D eigenvalue weighted by Gasteiger charge is 2.24. The molecule has 0 spiro atoms. The number of ether oxygens (including phenoxy) is 1. The zero-order chi connectivity index (χ0) is 22.1. The highest BCUT2D eigenvalue weighted by molar-refractivity contribution is 5.80. The van der Waals surface area contributed by atoms with Crippen LogP contribution in [0.25, 0.3) is 0 Å². The smallest absolute Gasteiger partial charge is 0.409 e. The first-order valence-electron chi connectivity index (χ1n) is 11.8. The topological polar surface area (TPSA) is 69.2 Å². The molecule has 1 aromatic rings. The highest BCUT2D eigenvalue weighted by atomic mass is 16.6. The number of carbonyl (C=O) groups excluding carboxylic acids is 1. The average molecular weight is 430 g/mol. The molecule has 0 aliphatic carbocycles. The minimum absolute atomic E-state index is 0.205. The van der Waals surface area contributed by atoms with Crippen molar-refractivity contribution in [3.63, 3.8) is 0 Å². The summed E-state index contributed by atoms with van der Waals surface area (Å²) >= 11 is 0. The summed E-state index contributed by atoms with van der Waals surface area (Å²) in [5, 5.41) is 7.01. The molecule has 2 aliphatic heterocycles. The fourth-order valence-corrected chi connectivity index (χ4v) is 4.54. The molecule has 1 atom stereocenters. The van der Waals surface area contributed by atoms with Crippen molar-refractivity contribution in [3.8, 4) is 0 Å². The van der Waals surface area contributed by atoms with Gasteiger partial charge in [-0.05, 0) is 56.2 Å². The molecule has 2 heterocycles. The summed E-state index contributed by atoms with van der Waals surface area (Å²) < 4.78 is 5.10. The third-order valence-corrected chi connectivity index (χ3v) is 6.29. The summed E-state index contributed by atoms with van der Waals surface area (Å²) in [5.74, 6) is 1.60. The molecule has 7 heteroatoms. The first-order chi connectivity index (χ1) is 15.1. The number of aliphatic imine (C=N–C) groups is 1. The maximum atomic E-state index is 11.9. The Morgan fingerprint density at radius 2 is 1.90 bits per heavy atom. The Morgan fingerprint density at radius 3 is 2.58 bits per heavy atom. The SMILES string of the molecule is CCOC(=O)N1CCC(NC(=NC)NCc2ccccc2CN2CCCC(C)C2)CC1. The number of guanidine groups is 1. The second kappa shape index (κ2) is 11.9. The lowest BCUT2D eigenvalue weighted by Crippen LogP contribution is -2.49. The number of nitrogens with one attached hydrogen (secondary N) is 2. The van der Waals surface area contributed by atoms with Crippen molar-refractivity contribution in [2.45, 2.75) is 58.7 Å². The summed E-state index contributed by atoms with van der Waals surface area (Å²) in [6.07, 6.45) is 4.23. The van der Waals surface area contributed by atoms with Crippen LogP contribution < -0.4 is 10.6 Å². The fraction of sp³-hybridized carbons (Fsp3) is 0.667. The molecule has 0 saturated carbocycles. The van der Waals surface area contributed by atoms with E-state index in [1.165, 1.54) is 37.1 Å². The van der Waals surface area contributed by atoms with Crippen molar-refractivity contribution in [2.24, 2.45) is 10.9 Å². The van der Waals surface area contributed by atoms with Crippen molar-refractivity contribution in [1.82, 2.24) is 20.4 Å². The van der Waals surface area contributed by atoms with Crippen LogP contribution in [0.15, 0.2) is 29.3 Å². The molecule has 0 aromatic heterocycles. The fourth-order valence-electron chi connectivity index (χ4n) is 4.54. The first kappa shape index (κ1) is 23.4. The Hall–Kier alpha value is -2.28. The van der Waals surface area contributed by atoms with E-state index < -0.39 is 0 Å². The summed E-state index contributed by atoms with van der Waals surface area (Å²) in [6.45, 7) is 10.2. The van der Waals surface area contributed by atoms with Gasteiger partial charge in [0.1, 0.15) is 0 Å². The lowest BCUT2D eigenvalue weighted by atomic mass is 9.99. The number of nitrogens with zero attached hydrogens (tertiary/aromatic N) is 3. The van der Waals surface area contributed by atoms with E-state index in [2.05, 4.69) is 51.7 Å². The van der Waals surface area contributed by atoms with Gasteiger partial charge in [0.2, 0.25) is 0 Å². The van der Waals surface area contributed by atoms with Crippen molar-refractivity contribution < 1.29 is 9.53 Å². The van der Waals surface area contributed by atoms with Crippen molar-refractivity contribution >= 4 is 12.1 Å². The standard InChI is InChI=1S/C24H39N5O2/c1-4-31-24(30)29-14-11-22(12-15-29)27-23(25-3)26-16-20-9-5-6-10-21(20)18-28-13-7-8-19(2)17-28/h5-6,9-10,19,22H,4,7-8,11-18H2,1-3H3,(H2,25,26,27). The van der Waals surface area contributed by atoms with Crippen molar-refractivity contribution in [1.29, 1.82) is 0 Å². The van der Waals surface area contributed by atoms with Crippen LogP contribution in [0.2, 0.25) is 0 Å².